The molecule has 1 amide bonds. The van der Waals surface area contributed by atoms with E-state index in [1.54, 1.807) is 11.3 Å². The van der Waals surface area contributed by atoms with Crippen LogP contribution in [0.2, 0.25) is 0 Å². The van der Waals surface area contributed by atoms with Crippen molar-refractivity contribution in [2.45, 2.75) is 44.9 Å². The van der Waals surface area contributed by atoms with Gasteiger partial charge < -0.3 is 10.2 Å². The lowest BCUT2D eigenvalue weighted by atomic mass is 9.99. The quantitative estimate of drug-likeness (QED) is 0.864. The standard InChI is InChI=1S/C20H24N2OS/c23-20(19-14-15-6-2-3-7-18(15)24-19)21-16-8-10-17(11-9-16)22-12-4-1-5-13-22/h8-11,14H,1-7,12-13H2,(H,21,23). The molecule has 0 unspecified atom stereocenters. The molecule has 0 saturated carbocycles. The minimum atomic E-state index is 0.0279. The summed E-state index contributed by atoms with van der Waals surface area (Å²) in [6.07, 6.45) is 8.68. The molecular weight excluding hydrogens is 316 g/mol. The van der Waals surface area contributed by atoms with Crippen LogP contribution in [-0.2, 0) is 12.8 Å². The van der Waals surface area contributed by atoms with E-state index in [-0.39, 0.29) is 5.91 Å². The molecule has 1 N–H and O–H groups in total. The number of piperidine rings is 1. The first-order chi connectivity index (χ1) is 11.8. The molecule has 1 aliphatic carbocycles. The number of fused-ring (bicyclic) bond motifs is 1. The average molecular weight is 340 g/mol. The zero-order valence-corrected chi connectivity index (χ0v) is 14.8. The van der Waals surface area contributed by atoms with Crippen molar-refractivity contribution in [3.63, 3.8) is 0 Å². The lowest BCUT2D eigenvalue weighted by Crippen LogP contribution is -2.29. The summed E-state index contributed by atoms with van der Waals surface area (Å²) in [7, 11) is 0. The molecule has 1 saturated heterocycles. The molecule has 2 aromatic rings. The van der Waals surface area contributed by atoms with Gasteiger partial charge in [0.2, 0.25) is 0 Å². The van der Waals surface area contributed by atoms with Crippen LogP contribution < -0.4 is 10.2 Å². The Kier molecular flexibility index (Phi) is 4.56. The van der Waals surface area contributed by atoms with Crippen molar-refractivity contribution in [2.75, 3.05) is 23.3 Å². The normalized spacial score (nSPS) is 17.4. The van der Waals surface area contributed by atoms with Crippen LogP contribution >= 0.6 is 11.3 Å². The molecule has 4 rings (SSSR count). The highest BCUT2D eigenvalue weighted by Crippen LogP contribution is 2.30. The van der Waals surface area contributed by atoms with Crippen molar-refractivity contribution in [2.24, 2.45) is 0 Å². The van der Waals surface area contributed by atoms with Crippen LogP contribution in [0.1, 0.15) is 52.2 Å². The van der Waals surface area contributed by atoms with Crippen molar-refractivity contribution in [1.82, 2.24) is 0 Å². The zero-order valence-electron chi connectivity index (χ0n) is 14.0. The van der Waals surface area contributed by atoms with Crippen LogP contribution in [-0.4, -0.2) is 19.0 Å². The van der Waals surface area contributed by atoms with Gasteiger partial charge in [0.1, 0.15) is 0 Å². The van der Waals surface area contributed by atoms with E-state index in [9.17, 15) is 4.79 Å². The Bertz CT molecular complexity index is 690. The second kappa shape index (κ2) is 6.98. The molecule has 0 radical (unpaired) electrons. The second-order valence-electron chi connectivity index (χ2n) is 6.81. The number of carbonyl (C=O) groups is 1. The van der Waals surface area contributed by atoms with E-state index in [0.717, 1.165) is 36.5 Å². The van der Waals surface area contributed by atoms with Crippen molar-refractivity contribution in [3.05, 3.63) is 45.6 Å². The van der Waals surface area contributed by atoms with Gasteiger partial charge in [-0.1, -0.05) is 0 Å². The van der Waals surface area contributed by atoms with E-state index in [0.29, 0.717) is 0 Å². The molecule has 1 aromatic heterocycles. The van der Waals surface area contributed by atoms with Gasteiger partial charge in [0.25, 0.3) is 5.91 Å². The highest BCUT2D eigenvalue weighted by Gasteiger charge is 2.17. The summed E-state index contributed by atoms with van der Waals surface area (Å²) in [4.78, 5) is 17.2. The number of amides is 1. The van der Waals surface area contributed by atoms with Crippen LogP contribution in [0.25, 0.3) is 0 Å². The van der Waals surface area contributed by atoms with Crippen molar-refractivity contribution < 1.29 is 4.79 Å². The van der Waals surface area contributed by atoms with E-state index in [4.69, 9.17) is 0 Å². The smallest absolute Gasteiger partial charge is 0.265 e. The Labute approximate surface area is 147 Å². The zero-order chi connectivity index (χ0) is 16.4. The first-order valence-electron chi connectivity index (χ1n) is 9.07. The first kappa shape index (κ1) is 15.7. The van der Waals surface area contributed by atoms with Gasteiger partial charge in [0, 0.05) is 29.3 Å². The molecule has 126 valence electrons. The Morgan fingerprint density at radius 2 is 1.71 bits per heavy atom. The molecule has 2 heterocycles. The lowest BCUT2D eigenvalue weighted by molar-refractivity contribution is 0.103. The number of carbonyl (C=O) groups excluding carboxylic acids is 1. The molecule has 2 aliphatic rings. The van der Waals surface area contributed by atoms with Crippen molar-refractivity contribution in [3.8, 4) is 0 Å². The summed E-state index contributed by atoms with van der Waals surface area (Å²) in [5.41, 5.74) is 3.53. The lowest BCUT2D eigenvalue weighted by Gasteiger charge is -2.28. The molecular formula is C20H24N2OS. The maximum absolute atomic E-state index is 12.5. The SMILES string of the molecule is O=C(Nc1ccc(N2CCCCC2)cc1)c1cc2c(s1)CCCC2. The van der Waals surface area contributed by atoms with Crippen molar-refractivity contribution in [1.29, 1.82) is 0 Å². The number of hydrogen-bond donors (Lipinski definition) is 1. The number of nitrogens with one attached hydrogen (secondary N) is 1. The van der Waals surface area contributed by atoms with E-state index < -0.39 is 0 Å². The Hall–Kier alpha value is -1.81. The van der Waals surface area contributed by atoms with Crippen LogP contribution in [0.5, 0.6) is 0 Å². The number of nitrogens with zero attached hydrogens (tertiary/aromatic N) is 1. The number of anilines is 2. The molecule has 3 nitrogen and oxygen atoms in total. The minimum Gasteiger partial charge on any atom is -0.372 e. The van der Waals surface area contributed by atoms with Gasteiger partial charge in [0.05, 0.1) is 4.88 Å². The monoisotopic (exact) mass is 340 g/mol. The third-order valence-electron chi connectivity index (χ3n) is 5.07. The topological polar surface area (TPSA) is 32.3 Å². The Morgan fingerprint density at radius 3 is 2.46 bits per heavy atom. The highest BCUT2D eigenvalue weighted by atomic mass is 32.1. The summed E-state index contributed by atoms with van der Waals surface area (Å²) >= 11 is 1.67. The van der Waals surface area contributed by atoms with Gasteiger partial charge in [-0.05, 0) is 80.8 Å². The molecule has 0 atom stereocenters. The highest BCUT2D eigenvalue weighted by molar-refractivity contribution is 7.14. The maximum atomic E-state index is 12.5. The van der Waals surface area contributed by atoms with E-state index in [1.807, 2.05) is 12.1 Å². The fraction of sp³-hybridized carbons (Fsp3) is 0.450. The number of rotatable bonds is 3. The minimum absolute atomic E-state index is 0.0279. The number of benzene rings is 1. The molecule has 1 aromatic carbocycles. The third-order valence-corrected chi connectivity index (χ3v) is 6.30. The number of aryl methyl sites for hydroxylation is 2. The number of thiophene rings is 1. The molecule has 24 heavy (non-hydrogen) atoms. The van der Waals surface area contributed by atoms with E-state index in [2.05, 4.69) is 28.4 Å². The van der Waals surface area contributed by atoms with Gasteiger partial charge in [-0.3, -0.25) is 4.79 Å². The molecule has 1 aliphatic heterocycles. The van der Waals surface area contributed by atoms with E-state index >= 15 is 0 Å². The van der Waals surface area contributed by atoms with Crippen LogP contribution in [0.4, 0.5) is 11.4 Å². The predicted molar refractivity (Wildman–Crippen MR) is 101 cm³/mol. The summed E-state index contributed by atoms with van der Waals surface area (Å²) in [5, 5.41) is 3.05. The van der Waals surface area contributed by atoms with Crippen LogP contribution in [0.3, 0.4) is 0 Å². The third kappa shape index (κ3) is 3.34. The largest absolute Gasteiger partial charge is 0.372 e. The first-order valence-corrected chi connectivity index (χ1v) is 9.89. The Balaban J connectivity index is 1.42. The fourth-order valence-corrected chi connectivity index (χ4v) is 4.85. The number of hydrogen-bond acceptors (Lipinski definition) is 3. The second-order valence-corrected chi connectivity index (χ2v) is 7.95. The Morgan fingerprint density at radius 1 is 0.958 bits per heavy atom. The summed E-state index contributed by atoms with van der Waals surface area (Å²) in [6, 6.07) is 10.4. The molecule has 0 spiro atoms. The van der Waals surface area contributed by atoms with Gasteiger partial charge in [0.15, 0.2) is 0 Å². The van der Waals surface area contributed by atoms with Crippen LogP contribution in [0.15, 0.2) is 30.3 Å². The predicted octanol–water partition coefficient (Wildman–Crippen LogP) is 4.87. The van der Waals surface area contributed by atoms with E-state index in [1.165, 1.54) is 48.2 Å². The van der Waals surface area contributed by atoms with Crippen LogP contribution in [0, 0.1) is 0 Å². The summed E-state index contributed by atoms with van der Waals surface area (Å²) in [5.74, 6) is 0.0279. The van der Waals surface area contributed by atoms with Crippen molar-refractivity contribution >= 4 is 28.6 Å². The van der Waals surface area contributed by atoms with Gasteiger partial charge in [-0.2, -0.15) is 0 Å². The van der Waals surface area contributed by atoms with Gasteiger partial charge in [-0.25, -0.2) is 0 Å². The summed E-state index contributed by atoms with van der Waals surface area (Å²) < 4.78 is 0. The average Bonchev–Trinajstić information content (AvgIpc) is 3.07. The molecule has 4 heteroatoms. The molecule has 1 fully saturated rings. The van der Waals surface area contributed by atoms with Gasteiger partial charge >= 0.3 is 0 Å². The molecule has 0 bridgehead atoms. The maximum Gasteiger partial charge on any atom is 0.265 e. The van der Waals surface area contributed by atoms with Gasteiger partial charge in [-0.15, -0.1) is 11.3 Å². The fourth-order valence-electron chi connectivity index (χ4n) is 3.70. The summed E-state index contributed by atoms with van der Waals surface area (Å²) in [6.45, 7) is 2.29.